The third kappa shape index (κ3) is 3.38. The van der Waals surface area contributed by atoms with Crippen LogP contribution in [0.4, 0.5) is 5.69 Å². The number of hydrogen-bond donors (Lipinski definition) is 1. The molecule has 2 fully saturated rings. The molecular weight excluding hydrogens is 334 g/mol. The first-order valence-corrected chi connectivity index (χ1v) is 8.88. The Balaban J connectivity index is 1.69. The minimum atomic E-state index is -0.979. The van der Waals surface area contributed by atoms with Crippen LogP contribution in [-0.4, -0.2) is 60.8 Å². The zero-order chi connectivity index (χ0) is 18.9. The Hall–Kier alpha value is -2.57. The van der Waals surface area contributed by atoms with Crippen LogP contribution < -0.4 is 10.1 Å². The molecule has 1 saturated heterocycles. The highest BCUT2D eigenvalue weighted by molar-refractivity contribution is 6.13. The van der Waals surface area contributed by atoms with Gasteiger partial charge in [-0.1, -0.05) is 6.07 Å². The second kappa shape index (κ2) is 6.97. The van der Waals surface area contributed by atoms with Gasteiger partial charge in [0.25, 0.3) is 0 Å². The summed E-state index contributed by atoms with van der Waals surface area (Å²) in [5, 5.41) is 2.88. The van der Waals surface area contributed by atoms with E-state index in [-0.39, 0.29) is 17.7 Å². The number of ether oxygens (including phenoxy) is 1. The van der Waals surface area contributed by atoms with Crippen LogP contribution in [0.15, 0.2) is 18.2 Å². The van der Waals surface area contributed by atoms with Gasteiger partial charge >= 0.3 is 0 Å². The predicted molar refractivity (Wildman–Crippen MR) is 96.9 cm³/mol. The number of hydrogen-bond acceptors (Lipinski definition) is 4. The molecule has 3 rings (SSSR count). The van der Waals surface area contributed by atoms with E-state index in [4.69, 9.17) is 4.74 Å². The third-order valence-corrected chi connectivity index (χ3v) is 5.21. The van der Waals surface area contributed by atoms with Gasteiger partial charge in [0.1, 0.15) is 11.2 Å². The summed E-state index contributed by atoms with van der Waals surface area (Å²) >= 11 is 0. The second-order valence-electron chi connectivity index (χ2n) is 7.04. The van der Waals surface area contributed by atoms with E-state index in [2.05, 4.69) is 5.32 Å². The molecule has 0 spiro atoms. The highest BCUT2D eigenvalue weighted by atomic mass is 16.5. The van der Waals surface area contributed by atoms with E-state index in [1.165, 1.54) is 6.92 Å². The van der Waals surface area contributed by atoms with Crippen molar-refractivity contribution >= 4 is 23.4 Å². The van der Waals surface area contributed by atoms with E-state index in [1.807, 2.05) is 19.1 Å². The number of methoxy groups -OCH3 is 1. The number of nitrogens with one attached hydrogen (secondary N) is 1. The van der Waals surface area contributed by atoms with E-state index < -0.39 is 5.41 Å². The molecule has 2 aliphatic rings. The SMILES string of the molecule is COc1ccc(C)cc1NC(=O)C1(C(=O)N2CCN(C(C)=O)CC2)CC1. The molecule has 1 aliphatic heterocycles. The van der Waals surface area contributed by atoms with Crippen molar-refractivity contribution < 1.29 is 19.1 Å². The lowest BCUT2D eigenvalue weighted by atomic mass is 10.0. The van der Waals surface area contributed by atoms with E-state index in [0.717, 1.165) is 5.56 Å². The van der Waals surface area contributed by atoms with Crippen LogP contribution in [0.2, 0.25) is 0 Å². The number of carbonyl (C=O) groups is 3. The molecule has 1 aromatic carbocycles. The van der Waals surface area contributed by atoms with Crippen molar-refractivity contribution in [2.45, 2.75) is 26.7 Å². The van der Waals surface area contributed by atoms with Gasteiger partial charge in [-0.15, -0.1) is 0 Å². The molecule has 3 amide bonds. The highest BCUT2D eigenvalue weighted by Crippen LogP contribution is 2.48. The van der Waals surface area contributed by atoms with Crippen LogP contribution in [0, 0.1) is 12.3 Å². The van der Waals surface area contributed by atoms with Gasteiger partial charge in [0, 0.05) is 33.1 Å². The van der Waals surface area contributed by atoms with Gasteiger partial charge in [-0.25, -0.2) is 0 Å². The summed E-state index contributed by atoms with van der Waals surface area (Å²) in [7, 11) is 1.55. The molecule has 7 nitrogen and oxygen atoms in total. The van der Waals surface area contributed by atoms with Gasteiger partial charge in [-0.2, -0.15) is 0 Å². The zero-order valence-electron chi connectivity index (χ0n) is 15.5. The molecule has 1 aromatic rings. The van der Waals surface area contributed by atoms with Crippen LogP contribution in [-0.2, 0) is 14.4 Å². The van der Waals surface area contributed by atoms with Crippen molar-refractivity contribution in [1.82, 2.24) is 9.80 Å². The number of anilines is 1. The molecule has 1 heterocycles. The van der Waals surface area contributed by atoms with Crippen LogP contribution in [0.1, 0.15) is 25.3 Å². The second-order valence-corrected chi connectivity index (χ2v) is 7.04. The summed E-state index contributed by atoms with van der Waals surface area (Å²) in [5.74, 6) is 0.176. The first-order valence-electron chi connectivity index (χ1n) is 8.88. The van der Waals surface area contributed by atoms with E-state index in [1.54, 1.807) is 23.0 Å². The number of benzene rings is 1. The normalized spacial score (nSPS) is 18.3. The van der Waals surface area contributed by atoms with Crippen LogP contribution in [0.25, 0.3) is 0 Å². The summed E-state index contributed by atoms with van der Waals surface area (Å²) in [4.78, 5) is 40.7. The van der Waals surface area contributed by atoms with Gasteiger partial charge in [0.05, 0.1) is 12.8 Å². The molecule has 0 unspecified atom stereocenters. The van der Waals surface area contributed by atoms with Crippen LogP contribution in [0.3, 0.4) is 0 Å². The van der Waals surface area contributed by atoms with Gasteiger partial charge in [-0.3, -0.25) is 14.4 Å². The molecule has 26 heavy (non-hydrogen) atoms. The average Bonchev–Trinajstić information content (AvgIpc) is 3.43. The summed E-state index contributed by atoms with van der Waals surface area (Å²) in [6.07, 6.45) is 1.11. The first kappa shape index (κ1) is 18.2. The maximum absolute atomic E-state index is 12.9. The van der Waals surface area contributed by atoms with Crippen molar-refractivity contribution in [3.05, 3.63) is 23.8 Å². The standard InChI is InChI=1S/C19H25N3O4/c1-13-4-5-16(26-3)15(12-13)20-17(24)19(6-7-19)18(25)22-10-8-21(9-11-22)14(2)23/h4-5,12H,6-11H2,1-3H3,(H,20,24). The van der Waals surface area contributed by atoms with Crippen LogP contribution >= 0.6 is 0 Å². The monoisotopic (exact) mass is 359 g/mol. The van der Waals surface area contributed by atoms with E-state index in [0.29, 0.717) is 50.5 Å². The molecule has 1 saturated carbocycles. The fourth-order valence-corrected chi connectivity index (χ4v) is 3.35. The van der Waals surface area contributed by atoms with Gasteiger partial charge in [0.15, 0.2) is 0 Å². The summed E-state index contributed by atoms with van der Waals surface area (Å²) < 4.78 is 5.30. The number of amides is 3. The number of carbonyl (C=O) groups excluding carboxylic acids is 3. The quantitative estimate of drug-likeness (QED) is 0.825. The molecule has 0 atom stereocenters. The van der Waals surface area contributed by atoms with Gasteiger partial charge in [0.2, 0.25) is 17.7 Å². The molecule has 7 heteroatoms. The lowest BCUT2D eigenvalue weighted by molar-refractivity contribution is -0.146. The minimum Gasteiger partial charge on any atom is -0.495 e. The first-order chi connectivity index (χ1) is 12.4. The van der Waals surface area contributed by atoms with Crippen molar-refractivity contribution in [3.63, 3.8) is 0 Å². The smallest absolute Gasteiger partial charge is 0.240 e. The largest absolute Gasteiger partial charge is 0.495 e. The Morgan fingerprint density at radius 3 is 2.23 bits per heavy atom. The Kier molecular flexibility index (Phi) is 4.89. The maximum Gasteiger partial charge on any atom is 0.240 e. The lowest BCUT2D eigenvalue weighted by Gasteiger charge is -2.36. The fraction of sp³-hybridized carbons (Fsp3) is 0.526. The van der Waals surface area contributed by atoms with Crippen molar-refractivity contribution in [2.75, 3.05) is 38.6 Å². The Bertz CT molecular complexity index is 734. The highest BCUT2D eigenvalue weighted by Gasteiger charge is 2.58. The van der Waals surface area contributed by atoms with E-state index >= 15 is 0 Å². The fourth-order valence-electron chi connectivity index (χ4n) is 3.35. The van der Waals surface area contributed by atoms with Gasteiger partial charge < -0.3 is 19.9 Å². The van der Waals surface area contributed by atoms with Crippen molar-refractivity contribution in [2.24, 2.45) is 5.41 Å². The van der Waals surface area contributed by atoms with Crippen LogP contribution in [0.5, 0.6) is 5.75 Å². The van der Waals surface area contributed by atoms with Gasteiger partial charge in [-0.05, 0) is 37.5 Å². The maximum atomic E-state index is 12.9. The molecular formula is C19H25N3O4. The number of aryl methyl sites for hydroxylation is 1. The number of rotatable bonds is 4. The summed E-state index contributed by atoms with van der Waals surface area (Å²) in [5.41, 5.74) is 0.600. The summed E-state index contributed by atoms with van der Waals surface area (Å²) in [6, 6.07) is 5.54. The predicted octanol–water partition coefficient (Wildman–Crippen LogP) is 1.41. The molecule has 0 bridgehead atoms. The lowest BCUT2D eigenvalue weighted by Crippen LogP contribution is -2.53. The third-order valence-electron chi connectivity index (χ3n) is 5.21. The zero-order valence-corrected chi connectivity index (χ0v) is 15.5. The number of piperazine rings is 1. The molecule has 1 N–H and O–H groups in total. The molecule has 140 valence electrons. The minimum absolute atomic E-state index is 0.0162. The Labute approximate surface area is 153 Å². The van der Waals surface area contributed by atoms with Crippen molar-refractivity contribution in [3.8, 4) is 5.75 Å². The molecule has 1 aliphatic carbocycles. The van der Waals surface area contributed by atoms with E-state index in [9.17, 15) is 14.4 Å². The molecule has 0 aromatic heterocycles. The van der Waals surface area contributed by atoms with Crippen molar-refractivity contribution in [1.29, 1.82) is 0 Å². The Morgan fingerprint density at radius 2 is 1.69 bits per heavy atom. The summed E-state index contributed by atoms with van der Waals surface area (Å²) in [6.45, 7) is 5.45. The molecule has 0 radical (unpaired) electrons. The average molecular weight is 359 g/mol. The topological polar surface area (TPSA) is 79.0 Å². The Morgan fingerprint density at radius 1 is 1.08 bits per heavy atom. The number of nitrogens with zero attached hydrogens (tertiary/aromatic N) is 2.